The van der Waals surface area contributed by atoms with Crippen LogP contribution >= 0.6 is 0 Å². The summed E-state index contributed by atoms with van der Waals surface area (Å²) in [6.45, 7) is 8.58. The first-order valence-corrected chi connectivity index (χ1v) is 7.36. The summed E-state index contributed by atoms with van der Waals surface area (Å²) in [6, 6.07) is 4.47. The Morgan fingerprint density at radius 2 is 2.05 bits per heavy atom. The maximum atomic E-state index is 6.36. The fourth-order valence-corrected chi connectivity index (χ4v) is 2.84. The number of nitrogens with two attached hydrogens (primary N) is 1. The number of furan rings is 1. The number of hydrogen-bond donors (Lipinski definition) is 1. The molecule has 0 radical (unpaired) electrons. The van der Waals surface area contributed by atoms with Crippen LogP contribution in [0.2, 0.25) is 0 Å². The highest BCUT2D eigenvalue weighted by atomic mass is 16.3. The fraction of sp³-hybridized carbons (Fsp3) is 0.733. The van der Waals surface area contributed by atoms with Crippen molar-refractivity contribution in [3.63, 3.8) is 0 Å². The Morgan fingerprint density at radius 1 is 1.26 bits per heavy atom. The van der Waals surface area contributed by atoms with Crippen molar-refractivity contribution >= 4 is 0 Å². The van der Waals surface area contributed by atoms with Gasteiger partial charge in [0.15, 0.2) is 0 Å². The molecule has 0 saturated carbocycles. The second-order valence-corrected chi connectivity index (χ2v) is 5.66. The first-order chi connectivity index (χ1) is 9.11. The Morgan fingerprint density at radius 3 is 2.68 bits per heavy atom. The van der Waals surface area contributed by atoms with Gasteiger partial charge < -0.3 is 15.1 Å². The molecule has 0 aliphatic carbocycles. The molecule has 1 aliphatic rings. The predicted molar refractivity (Wildman–Crippen MR) is 78.1 cm³/mol. The van der Waals surface area contributed by atoms with E-state index in [1.54, 1.807) is 0 Å². The number of likely N-dealkylation sites (N-methyl/N-ethyl adjacent to an activating group) is 1. The topological polar surface area (TPSA) is 45.6 Å². The summed E-state index contributed by atoms with van der Waals surface area (Å²) >= 11 is 0. The third kappa shape index (κ3) is 3.59. The van der Waals surface area contributed by atoms with E-state index < -0.39 is 0 Å². The third-order valence-electron chi connectivity index (χ3n) is 4.08. The number of aryl methyl sites for hydroxylation is 1. The Bertz CT molecular complexity index is 390. The van der Waals surface area contributed by atoms with Crippen molar-refractivity contribution in [1.82, 2.24) is 9.80 Å². The van der Waals surface area contributed by atoms with Crippen LogP contribution in [0.15, 0.2) is 16.5 Å². The van der Waals surface area contributed by atoms with Crippen LogP contribution in [0.4, 0.5) is 0 Å². The molecule has 2 N–H and O–H groups in total. The summed E-state index contributed by atoms with van der Waals surface area (Å²) in [5, 5.41) is 0. The van der Waals surface area contributed by atoms with Crippen LogP contribution in [-0.4, -0.2) is 49.1 Å². The van der Waals surface area contributed by atoms with Crippen LogP contribution < -0.4 is 5.73 Å². The number of hydrogen-bond acceptors (Lipinski definition) is 4. The van der Waals surface area contributed by atoms with Crippen molar-refractivity contribution in [2.24, 2.45) is 5.73 Å². The lowest BCUT2D eigenvalue weighted by atomic mass is 10.0. The fourth-order valence-electron chi connectivity index (χ4n) is 2.84. The molecule has 1 aromatic heterocycles. The van der Waals surface area contributed by atoms with Gasteiger partial charge in [0.1, 0.15) is 11.5 Å². The number of rotatable bonds is 4. The van der Waals surface area contributed by atoms with Crippen LogP contribution in [0, 0.1) is 6.92 Å². The van der Waals surface area contributed by atoms with Crippen molar-refractivity contribution in [2.45, 2.75) is 38.8 Å². The van der Waals surface area contributed by atoms with Gasteiger partial charge in [-0.3, -0.25) is 4.90 Å². The van der Waals surface area contributed by atoms with Gasteiger partial charge in [0.25, 0.3) is 0 Å². The van der Waals surface area contributed by atoms with E-state index in [-0.39, 0.29) is 12.1 Å². The monoisotopic (exact) mass is 265 g/mol. The molecule has 1 aromatic rings. The van der Waals surface area contributed by atoms with Gasteiger partial charge in [-0.15, -0.1) is 0 Å². The van der Waals surface area contributed by atoms with Crippen molar-refractivity contribution in [3.05, 3.63) is 23.7 Å². The average Bonchev–Trinajstić information content (AvgIpc) is 2.69. The summed E-state index contributed by atoms with van der Waals surface area (Å²) in [4.78, 5) is 4.89. The molecular weight excluding hydrogens is 238 g/mol. The Hall–Kier alpha value is -0.840. The molecule has 2 unspecified atom stereocenters. The van der Waals surface area contributed by atoms with Crippen LogP contribution in [-0.2, 0) is 0 Å². The van der Waals surface area contributed by atoms with Gasteiger partial charge in [0, 0.05) is 25.7 Å². The Balaban J connectivity index is 2.17. The highest BCUT2D eigenvalue weighted by Gasteiger charge is 2.29. The molecule has 0 spiro atoms. The van der Waals surface area contributed by atoms with E-state index in [4.69, 9.17) is 10.2 Å². The predicted octanol–water partition coefficient (Wildman–Crippen LogP) is 2.00. The lowest BCUT2D eigenvalue weighted by Gasteiger charge is -2.33. The summed E-state index contributed by atoms with van der Waals surface area (Å²) in [5.41, 5.74) is 6.36. The van der Waals surface area contributed by atoms with Crippen molar-refractivity contribution in [2.75, 3.05) is 33.2 Å². The van der Waals surface area contributed by atoms with Crippen LogP contribution in [0.5, 0.6) is 0 Å². The normalized spacial score (nSPS) is 22.1. The molecule has 1 saturated heterocycles. The molecule has 0 bridgehead atoms. The highest BCUT2D eigenvalue weighted by Crippen LogP contribution is 2.27. The standard InChI is InChI=1S/C15H27N3O/c1-4-13(16)15(14-7-6-12(2)19-14)18-9-5-8-17(3)10-11-18/h6-7,13,15H,4-5,8-11,16H2,1-3H3. The molecular formula is C15H27N3O. The minimum Gasteiger partial charge on any atom is -0.465 e. The van der Waals surface area contributed by atoms with Crippen molar-refractivity contribution in [1.29, 1.82) is 0 Å². The largest absolute Gasteiger partial charge is 0.465 e. The van der Waals surface area contributed by atoms with E-state index in [1.807, 2.05) is 13.0 Å². The van der Waals surface area contributed by atoms with E-state index in [0.717, 1.165) is 37.6 Å². The minimum atomic E-state index is 0.133. The molecule has 4 heteroatoms. The van der Waals surface area contributed by atoms with Gasteiger partial charge in [-0.05, 0) is 45.5 Å². The third-order valence-corrected chi connectivity index (χ3v) is 4.08. The van der Waals surface area contributed by atoms with Gasteiger partial charge >= 0.3 is 0 Å². The number of nitrogens with zero attached hydrogens (tertiary/aromatic N) is 2. The lowest BCUT2D eigenvalue weighted by molar-refractivity contribution is 0.152. The maximum absolute atomic E-state index is 6.36. The summed E-state index contributed by atoms with van der Waals surface area (Å²) in [7, 11) is 2.19. The molecule has 0 amide bonds. The SMILES string of the molecule is CCC(N)C(c1ccc(C)o1)N1CCCN(C)CC1. The zero-order valence-corrected chi connectivity index (χ0v) is 12.4. The quantitative estimate of drug-likeness (QED) is 0.904. The summed E-state index contributed by atoms with van der Waals surface area (Å²) < 4.78 is 5.85. The average molecular weight is 265 g/mol. The van der Waals surface area contributed by atoms with Gasteiger partial charge in [-0.2, -0.15) is 0 Å². The smallest absolute Gasteiger partial charge is 0.122 e. The molecule has 2 heterocycles. The molecule has 108 valence electrons. The molecule has 1 fully saturated rings. The lowest BCUT2D eigenvalue weighted by Crippen LogP contribution is -2.42. The van der Waals surface area contributed by atoms with E-state index in [1.165, 1.54) is 13.0 Å². The summed E-state index contributed by atoms with van der Waals surface area (Å²) in [5.74, 6) is 1.99. The van der Waals surface area contributed by atoms with Crippen molar-refractivity contribution in [3.8, 4) is 0 Å². The molecule has 1 aliphatic heterocycles. The zero-order valence-electron chi connectivity index (χ0n) is 12.4. The van der Waals surface area contributed by atoms with E-state index in [9.17, 15) is 0 Å². The molecule has 2 atom stereocenters. The van der Waals surface area contributed by atoms with Crippen LogP contribution in [0.3, 0.4) is 0 Å². The highest BCUT2D eigenvalue weighted by molar-refractivity contribution is 5.12. The molecule has 19 heavy (non-hydrogen) atoms. The molecule has 0 aromatic carbocycles. The second-order valence-electron chi connectivity index (χ2n) is 5.66. The first kappa shape index (κ1) is 14.6. The van der Waals surface area contributed by atoms with Gasteiger partial charge in [0.2, 0.25) is 0 Å². The minimum absolute atomic E-state index is 0.133. The van der Waals surface area contributed by atoms with E-state index >= 15 is 0 Å². The molecule has 2 rings (SSSR count). The van der Waals surface area contributed by atoms with E-state index in [2.05, 4.69) is 29.8 Å². The Kier molecular flexibility index (Phi) is 5.02. The summed E-state index contributed by atoms with van der Waals surface area (Å²) in [6.07, 6.45) is 2.17. The molecule has 4 nitrogen and oxygen atoms in total. The van der Waals surface area contributed by atoms with Gasteiger partial charge in [0.05, 0.1) is 6.04 Å². The van der Waals surface area contributed by atoms with Crippen LogP contribution in [0.25, 0.3) is 0 Å². The van der Waals surface area contributed by atoms with Crippen molar-refractivity contribution < 1.29 is 4.42 Å². The van der Waals surface area contributed by atoms with Gasteiger partial charge in [-0.25, -0.2) is 0 Å². The maximum Gasteiger partial charge on any atom is 0.122 e. The van der Waals surface area contributed by atoms with Gasteiger partial charge in [-0.1, -0.05) is 6.92 Å². The van der Waals surface area contributed by atoms with Crippen LogP contribution in [0.1, 0.15) is 37.3 Å². The Labute approximate surface area is 116 Å². The first-order valence-electron chi connectivity index (χ1n) is 7.36. The van der Waals surface area contributed by atoms with E-state index in [0.29, 0.717) is 0 Å². The zero-order chi connectivity index (χ0) is 13.8. The second kappa shape index (κ2) is 6.55.